The highest BCUT2D eigenvalue weighted by atomic mass is 19.4. The second-order valence-corrected chi connectivity index (χ2v) is 10.2. The van der Waals surface area contributed by atoms with Crippen LogP contribution in [0.4, 0.5) is 26.3 Å². The number of ether oxygens (including phenoxy) is 2. The zero-order valence-electron chi connectivity index (χ0n) is 19.5. The van der Waals surface area contributed by atoms with E-state index in [1.807, 2.05) is 34.6 Å². The van der Waals surface area contributed by atoms with Crippen molar-refractivity contribution in [2.24, 2.45) is 23.2 Å². The van der Waals surface area contributed by atoms with Crippen molar-refractivity contribution in [1.82, 2.24) is 0 Å². The predicted octanol–water partition coefficient (Wildman–Crippen LogP) is 6.61. The summed E-state index contributed by atoms with van der Waals surface area (Å²) in [6, 6.07) is 0. The van der Waals surface area contributed by atoms with Crippen LogP contribution in [0.3, 0.4) is 0 Å². The molecule has 10 heteroatoms. The van der Waals surface area contributed by atoms with Gasteiger partial charge in [0.1, 0.15) is 5.60 Å². The molecule has 1 saturated carbocycles. The fourth-order valence-electron chi connectivity index (χ4n) is 4.29. The van der Waals surface area contributed by atoms with Crippen LogP contribution >= 0.6 is 0 Å². The lowest BCUT2D eigenvalue weighted by Gasteiger charge is -2.38. The molecule has 1 aliphatic rings. The largest absolute Gasteiger partial charge is 0.458 e. The minimum absolute atomic E-state index is 0.105. The van der Waals surface area contributed by atoms with E-state index >= 15 is 0 Å². The SMILES string of the molecule is CCC(C(=O)OC(C(F)(F)F)C(F)(F)F)C1(OC(=O)C(CC(C)(C)C)C(C)C)CCCC1. The molecule has 0 saturated heterocycles. The number of carbonyl (C=O) groups excluding carboxylic acids is 2. The number of carbonyl (C=O) groups is 2. The number of alkyl halides is 6. The lowest BCUT2D eigenvalue weighted by molar-refractivity contribution is -0.315. The summed E-state index contributed by atoms with van der Waals surface area (Å²) in [5.41, 5.74) is -1.69. The van der Waals surface area contributed by atoms with Crippen LogP contribution in [-0.2, 0) is 19.1 Å². The average Bonchev–Trinajstić information content (AvgIpc) is 3.04. The number of hydrogen-bond acceptors (Lipinski definition) is 4. The van der Waals surface area contributed by atoms with Crippen molar-refractivity contribution in [1.29, 1.82) is 0 Å². The number of esters is 2. The molecule has 32 heavy (non-hydrogen) atoms. The minimum atomic E-state index is -5.80. The van der Waals surface area contributed by atoms with Crippen LogP contribution in [0.25, 0.3) is 0 Å². The highest BCUT2D eigenvalue weighted by Gasteiger charge is 2.61. The highest BCUT2D eigenvalue weighted by molar-refractivity contribution is 5.77. The van der Waals surface area contributed by atoms with Crippen molar-refractivity contribution < 1.29 is 45.4 Å². The summed E-state index contributed by atoms with van der Waals surface area (Å²) in [6.45, 7) is 11.0. The first-order valence-corrected chi connectivity index (χ1v) is 10.9. The van der Waals surface area contributed by atoms with E-state index in [9.17, 15) is 35.9 Å². The Hall–Kier alpha value is -1.48. The molecule has 0 bridgehead atoms. The lowest BCUT2D eigenvalue weighted by Crippen LogP contribution is -2.51. The predicted molar refractivity (Wildman–Crippen MR) is 105 cm³/mol. The Morgan fingerprint density at radius 1 is 0.906 bits per heavy atom. The quantitative estimate of drug-likeness (QED) is 0.292. The molecule has 2 unspecified atom stereocenters. The third-order valence-electron chi connectivity index (χ3n) is 5.85. The number of hydrogen-bond donors (Lipinski definition) is 0. The van der Waals surface area contributed by atoms with Gasteiger partial charge in [-0.25, -0.2) is 0 Å². The smallest absolute Gasteiger partial charge is 0.434 e. The molecular weight excluding hydrogens is 442 g/mol. The van der Waals surface area contributed by atoms with Crippen molar-refractivity contribution in [3.05, 3.63) is 0 Å². The first-order chi connectivity index (χ1) is 14.3. The van der Waals surface area contributed by atoms with Gasteiger partial charge < -0.3 is 9.47 Å². The first kappa shape index (κ1) is 28.6. The molecule has 0 spiro atoms. The maximum Gasteiger partial charge on any atom is 0.434 e. The van der Waals surface area contributed by atoms with Crippen LogP contribution in [0.5, 0.6) is 0 Å². The van der Waals surface area contributed by atoms with Crippen LogP contribution < -0.4 is 0 Å². The Balaban J connectivity index is 3.20. The molecular formula is C22H34F6O4. The van der Waals surface area contributed by atoms with Gasteiger partial charge in [0.25, 0.3) is 6.10 Å². The van der Waals surface area contributed by atoms with Crippen LogP contribution in [0.15, 0.2) is 0 Å². The van der Waals surface area contributed by atoms with E-state index in [4.69, 9.17) is 4.74 Å². The van der Waals surface area contributed by atoms with E-state index in [0.717, 1.165) is 0 Å². The van der Waals surface area contributed by atoms with Crippen LogP contribution in [-0.4, -0.2) is 36.0 Å². The molecule has 4 nitrogen and oxygen atoms in total. The van der Waals surface area contributed by atoms with Crippen LogP contribution in [0.2, 0.25) is 0 Å². The van der Waals surface area contributed by atoms with Gasteiger partial charge in [-0.1, -0.05) is 41.5 Å². The van der Waals surface area contributed by atoms with E-state index in [1.54, 1.807) is 0 Å². The van der Waals surface area contributed by atoms with Gasteiger partial charge in [-0.15, -0.1) is 0 Å². The molecule has 1 fully saturated rings. The summed E-state index contributed by atoms with van der Waals surface area (Å²) in [6.07, 6.45) is -14.1. The molecule has 1 aliphatic carbocycles. The summed E-state index contributed by atoms with van der Waals surface area (Å²) in [5.74, 6) is -4.31. The van der Waals surface area contributed by atoms with Crippen molar-refractivity contribution in [2.45, 2.75) is 104 Å². The Morgan fingerprint density at radius 3 is 1.72 bits per heavy atom. The molecule has 0 radical (unpaired) electrons. The fourth-order valence-corrected chi connectivity index (χ4v) is 4.29. The highest BCUT2D eigenvalue weighted by Crippen LogP contribution is 2.44. The molecule has 0 aromatic rings. The van der Waals surface area contributed by atoms with E-state index in [1.165, 1.54) is 6.92 Å². The minimum Gasteiger partial charge on any atom is -0.458 e. The summed E-state index contributed by atoms with van der Waals surface area (Å²) in [5, 5.41) is 0. The molecule has 0 amide bonds. The molecule has 1 rings (SSSR count). The summed E-state index contributed by atoms with van der Waals surface area (Å²) < 4.78 is 87.1. The van der Waals surface area contributed by atoms with Crippen LogP contribution in [0, 0.1) is 23.2 Å². The topological polar surface area (TPSA) is 52.6 Å². The van der Waals surface area contributed by atoms with E-state index in [2.05, 4.69) is 4.74 Å². The number of rotatable bonds is 8. The van der Waals surface area contributed by atoms with Crippen molar-refractivity contribution in [2.75, 3.05) is 0 Å². The zero-order chi connectivity index (χ0) is 25.1. The van der Waals surface area contributed by atoms with Crippen LogP contribution in [0.1, 0.15) is 80.1 Å². The van der Waals surface area contributed by atoms with E-state index in [-0.39, 0.29) is 30.6 Å². The Bertz CT molecular complexity index is 628. The molecule has 0 aromatic heterocycles. The fraction of sp³-hybridized carbons (Fsp3) is 0.909. The van der Waals surface area contributed by atoms with E-state index < -0.39 is 47.8 Å². The van der Waals surface area contributed by atoms with E-state index in [0.29, 0.717) is 19.3 Å². The summed E-state index contributed by atoms with van der Waals surface area (Å²) >= 11 is 0. The normalized spacial score (nSPS) is 19.2. The Morgan fingerprint density at radius 2 is 1.38 bits per heavy atom. The maximum absolute atomic E-state index is 13.1. The average molecular weight is 476 g/mol. The van der Waals surface area contributed by atoms with Gasteiger partial charge >= 0.3 is 24.3 Å². The molecule has 2 atom stereocenters. The van der Waals surface area contributed by atoms with Gasteiger partial charge in [-0.05, 0) is 49.9 Å². The maximum atomic E-state index is 13.1. The molecule has 0 heterocycles. The number of halogens is 6. The third-order valence-corrected chi connectivity index (χ3v) is 5.85. The first-order valence-electron chi connectivity index (χ1n) is 10.9. The molecule has 0 aliphatic heterocycles. The Kier molecular flexibility index (Phi) is 9.10. The molecule has 188 valence electrons. The van der Waals surface area contributed by atoms with Gasteiger partial charge in [0.2, 0.25) is 0 Å². The standard InChI is InChI=1S/C22H34F6O4/c1-7-15(17(30)31-18(21(23,24)25)22(26,27)28)20(10-8-9-11-20)32-16(29)14(13(2)3)12-19(4,5)6/h13-15,18H,7-12H2,1-6H3. The van der Waals surface area contributed by atoms with Gasteiger partial charge in [0.05, 0.1) is 11.8 Å². The molecule has 0 N–H and O–H groups in total. The zero-order valence-corrected chi connectivity index (χ0v) is 19.5. The van der Waals surface area contributed by atoms with Gasteiger partial charge in [-0.2, -0.15) is 26.3 Å². The van der Waals surface area contributed by atoms with Crippen molar-refractivity contribution in [3.63, 3.8) is 0 Å². The van der Waals surface area contributed by atoms with Crippen molar-refractivity contribution in [3.8, 4) is 0 Å². The van der Waals surface area contributed by atoms with Gasteiger partial charge in [-0.3, -0.25) is 9.59 Å². The third kappa shape index (κ3) is 7.54. The van der Waals surface area contributed by atoms with Gasteiger partial charge in [0, 0.05) is 0 Å². The summed E-state index contributed by atoms with van der Waals surface area (Å²) in [7, 11) is 0. The second kappa shape index (κ2) is 10.2. The van der Waals surface area contributed by atoms with Gasteiger partial charge in [0.15, 0.2) is 0 Å². The monoisotopic (exact) mass is 476 g/mol. The summed E-state index contributed by atoms with van der Waals surface area (Å²) in [4.78, 5) is 25.6. The lowest BCUT2D eigenvalue weighted by atomic mass is 9.79. The second-order valence-electron chi connectivity index (χ2n) is 10.2. The molecule has 0 aromatic carbocycles. The Labute approximate surface area is 185 Å². The van der Waals surface area contributed by atoms with Crippen molar-refractivity contribution >= 4 is 11.9 Å².